The molecule has 3 saturated heterocycles. The van der Waals surface area contributed by atoms with Crippen LogP contribution in [0.3, 0.4) is 0 Å². The number of amides is 4. The molecule has 73 heavy (non-hydrogen) atoms. The second kappa shape index (κ2) is 20.3. The molecule has 6 atom stereocenters. The van der Waals surface area contributed by atoms with Crippen LogP contribution in [0.15, 0.2) is 60.8 Å². The number of benzene rings is 2. The van der Waals surface area contributed by atoms with Gasteiger partial charge in [-0.15, -0.1) is 0 Å². The Bertz CT molecular complexity index is 2870. The Morgan fingerprint density at radius 1 is 0.986 bits per heavy atom. The van der Waals surface area contributed by atoms with Crippen molar-refractivity contribution in [2.75, 3.05) is 73.2 Å². The molecule has 0 radical (unpaired) electrons. The predicted octanol–water partition coefficient (Wildman–Crippen LogP) is 5.25. The molecule has 6 aliphatic rings. The zero-order valence-electron chi connectivity index (χ0n) is 43.4. The smallest absolute Gasteiger partial charge is 0.324 e. The Kier molecular flexibility index (Phi) is 14.0. The summed E-state index contributed by atoms with van der Waals surface area (Å²) in [6.07, 6.45) is 4.41. The molecule has 4 aliphatic heterocycles. The second-order valence-corrected chi connectivity index (χ2v) is 22.2. The number of aromatic nitrogens is 2. The summed E-state index contributed by atoms with van der Waals surface area (Å²) < 4.78 is 20.3. The number of hydrogen-bond donors (Lipinski definition) is 2. The molecular formula is C57H70N8O8. The molecule has 16 heteroatoms. The van der Waals surface area contributed by atoms with Crippen LogP contribution in [0.5, 0.6) is 0 Å². The molecular weight excluding hydrogens is 925 g/mol. The van der Waals surface area contributed by atoms with Gasteiger partial charge in [-0.2, -0.15) is 0 Å². The lowest BCUT2D eigenvalue weighted by atomic mass is 9.67. The summed E-state index contributed by atoms with van der Waals surface area (Å²) in [5.74, 6) is 2.69. The summed E-state index contributed by atoms with van der Waals surface area (Å²) in [4.78, 5) is 82.9. The van der Waals surface area contributed by atoms with Crippen molar-refractivity contribution in [2.24, 2.45) is 30.2 Å². The number of morpholine rings is 1. The Labute approximate surface area is 428 Å². The van der Waals surface area contributed by atoms with E-state index >= 15 is 9.59 Å². The van der Waals surface area contributed by atoms with E-state index in [1.807, 2.05) is 32.0 Å². The summed E-state index contributed by atoms with van der Waals surface area (Å²) in [5.41, 5.74) is 9.05. The predicted molar refractivity (Wildman–Crippen MR) is 275 cm³/mol. The molecule has 4 fully saturated rings. The molecule has 4 aromatic rings. The lowest BCUT2D eigenvalue weighted by Crippen LogP contribution is -2.69. The molecule has 16 nitrogen and oxygen atoms in total. The van der Waals surface area contributed by atoms with Gasteiger partial charge in [0.15, 0.2) is 0 Å². The fraction of sp³-hybridized carbons (Fsp3) is 0.544. The third-order valence-electron chi connectivity index (χ3n) is 16.5. The van der Waals surface area contributed by atoms with Gasteiger partial charge in [0, 0.05) is 94.3 Å². The second-order valence-electron chi connectivity index (χ2n) is 22.2. The quantitative estimate of drug-likeness (QED) is 0.175. The van der Waals surface area contributed by atoms with Crippen molar-refractivity contribution >= 4 is 40.5 Å². The Morgan fingerprint density at radius 3 is 2.52 bits per heavy atom. The highest BCUT2D eigenvalue weighted by atomic mass is 16.5. The third kappa shape index (κ3) is 9.54. The number of esters is 1. The van der Waals surface area contributed by atoms with E-state index in [0.29, 0.717) is 65.0 Å². The van der Waals surface area contributed by atoms with Crippen LogP contribution in [-0.2, 0) is 51.7 Å². The Balaban J connectivity index is 0.988. The average molecular weight is 995 g/mol. The number of hydrogen-bond acceptors (Lipinski definition) is 11. The van der Waals surface area contributed by atoms with Crippen molar-refractivity contribution in [1.82, 2.24) is 40.0 Å². The number of pyridine rings is 1. The molecule has 1 unspecified atom stereocenters. The van der Waals surface area contributed by atoms with Crippen molar-refractivity contribution in [3.8, 4) is 34.2 Å². The fourth-order valence-electron chi connectivity index (χ4n) is 12.5. The molecule has 6 bridgehead atoms. The van der Waals surface area contributed by atoms with Gasteiger partial charge >= 0.3 is 5.97 Å². The number of methoxy groups -OCH3 is 1. The van der Waals surface area contributed by atoms with Crippen molar-refractivity contribution < 1.29 is 38.2 Å². The number of carbonyl (C=O) groups excluding carboxylic acids is 5. The summed E-state index contributed by atoms with van der Waals surface area (Å²) >= 11 is 0. The number of cyclic esters (lactones) is 1. The fourth-order valence-corrected chi connectivity index (χ4v) is 12.5. The van der Waals surface area contributed by atoms with Crippen molar-refractivity contribution in [3.63, 3.8) is 0 Å². The highest BCUT2D eigenvalue weighted by molar-refractivity contribution is 5.98. The molecule has 386 valence electrons. The summed E-state index contributed by atoms with van der Waals surface area (Å²) in [7, 11) is 5.45. The van der Waals surface area contributed by atoms with Gasteiger partial charge in [-0.1, -0.05) is 63.9 Å². The minimum absolute atomic E-state index is 0.0752. The van der Waals surface area contributed by atoms with Crippen LogP contribution in [0.25, 0.3) is 33.3 Å². The number of fused-ring (bicyclic) bond motifs is 8. The van der Waals surface area contributed by atoms with E-state index in [-0.39, 0.29) is 55.0 Å². The number of aryl methyl sites for hydroxylation is 1. The maximum absolute atomic E-state index is 15.6. The van der Waals surface area contributed by atoms with Crippen molar-refractivity contribution in [2.45, 2.75) is 95.9 Å². The number of likely N-dealkylation sites (tertiary alicyclic amines) is 1. The number of ether oxygens (including phenoxy) is 3. The van der Waals surface area contributed by atoms with Crippen LogP contribution in [0, 0.1) is 35.0 Å². The van der Waals surface area contributed by atoms with E-state index in [9.17, 15) is 14.4 Å². The van der Waals surface area contributed by atoms with Gasteiger partial charge < -0.3 is 33.9 Å². The number of nitrogens with one attached hydrogen (secondary N) is 2. The maximum atomic E-state index is 15.6. The molecule has 2 aromatic carbocycles. The van der Waals surface area contributed by atoms with E-state index in [4.69, 9.17) is 19.2 Å². The zero-order chi connectivity index (χ0) is 51.3. The topological polar surface area (TPSA) is 168 Å². The van der Waals surface area contributed by atoms with Gasteiger partial charge in [-0.25, -0.2) is 5.43 Å². The highest BCUT2D eigenvalue weighted by Crippen LogP contribution is 2.57. The Morgan fingerprint density at radius 2 is 1.77 bits per heavy atom. The summed E-state index contributed by atoms with van der Waals surface area (Å²) in [6, 6.07) is 17.0. The maximum Gasteiger partial charge on any atom is 0.324 e. The molecule has 10 rings (SSSR count). The van der Waals surface area contributed by atoms with Crippen LogP contribution in [0.1, 0.15) is 88.6 Å². The zero-order valence-corrected chi connectivity index (χ0v) is 43.4. The Hall–Kier alpha value is -6.12. The normalized spacial score (nSPS) is 25.5. The van der Waals surface area contributed by atoms with Crippen LogP contribution in [0.4, 0.5) is 0 Å². The van der Waals surface area contributed by atoms with E-state index in [0.717, 1.165) is 63.2 Å². The van der Waals surface area contributed by atoms with Gasteiger partial charge in [0.05, 0.1) is 43.7 Å². The molecule has 1 saturated carbocycles. The van der Waals surface area contributed by atoms with Gasteiger partial charge in [0.2, 0.25) is 11.8 Å². The van der Waals surface area contributed by atoms with Crippen LogP contribution in [-0.4, -0.2) is 150 Å². The molecule has 6 heterocycles. The highest BCUT2D eigenvalue weighted by Gasteiger charge is 2.56. The monoisotopic (exact) mass is 995 g/mol. The first kappa shape index (κ1) is 50.4. The van der Waals surface area contributed by atoms with Crippen LogP contribution < -0.4 is 10.7 Å². The van der Waals surface area contributed by atoms with Crippen molar-refractivity contribution in [1.29, 1.82) is 0 Å². The minimum Gasteiger partial charge on any atom is -0.464 e. The van der Waals surface area contributed by atoms with Crippen molar-refractivity contribution in [3.05, 3.63) is 77.6 Å². The number of likely N-dealkylation sites (N-methyl/N-ethyl adjacent to an activating group) is 1. The third-order valence-corrected chi connectivity index (χ3v) is 16.5. The van der Waals surface area contributed by atoms with Gasteiger partial charge in [0.1, 0.15) is 23.7 Å². The number of carbonyl (C=O) groups is 5. The van der Waals surface area contributed by atoms with E-state index in [1.165, 1.54) is 9.91 Å². The molecule has 2 N–H and O–H groups in total. The standard InChI is InChI=1S/C57H70N8O8/c1-35(2)49(62(6)53(68)39-21-25-64(33-39)45(66)16-11-23-63-26-28-72-29-27-63)52(67)59-57(40-18-19-40)32-36-12-8-13-37(30-36)38-17-20-44-42(31-38)46-47(51(71-7)48-41(14-9-22-58-48)50(46)61(44)5)56(3,4)34-73-54(69)43-15-10-24-65(60-43)55(57)70/h8-9,12-14,17,20,22,30-31,35,39-40,43,47,49,51,60H,10,15,18-19,21,23-29,32-34H2,1-7H3,(H,59,67)/t39-,43-,47?,49-,51-,57+/m0/s1. The number of rotatable bonds is 8. The minimum atomic E-state index is -1.43. The van der Waals surface area contributed by atoms with Crippen LogP contribution in [0.2, 0.25) is 0 Å². The molecule has 0 spiro atoms. The van der Waals surface area contributed by atoms with Crippen LogP contribution >= 0.6 is 0 Å². The first-order valence-electron chi connectivity index (χ1n) is 26.2. The largest absolute Gasteiger partial charge is 0.464 e. The molecule has 2 aromatic heterocycles. The molecule has 4 amide bonds. The first-order chi connectivity index (χ1) is 35.1. The van der Waals surface area contributed by atoms with E-state index in [1.54, 1.807) is 25.3 Å². The molecule has 2 aliphatic carbocycles. The first-order valence-corrected chi connectivity index (χ1v) is 26.2. The lowest BCUT2D eigenvalue weighted by Gasteiger charge is -2.43. The van der Waals surface area contributed by atoms with E-state index < -0.39 is 46.9 Å². The number of nitrogens with zero attached hydrogens (tertiary/aromatic N) is 6. The average Bonchev–Trinajstić information content (AvgIpc) is 4.07. The van der Waals surface area contributed by atoms with Gasteiger partial charge in [0.25, 0.3) is 11.8 Å². The number of hydrazine groups is 1. The SMILES string of the molecule is CO[C@@H]1c2ncccc2-c2c3c4cc(ccc4n2C)-c2cccc(c2)C[C@@](NC(=O)[C@H](C(C)C)N(C)C(=O)[C@H]2CCN(C(=O)C#CCN4CCOCC4)C2)(C2CC2)C(=O)N2CCC[C@H](N2)C(=O)OCC(C)(C)C31. The summed E-state index contributed by atoms with van der Waals surface area (Å²) in [5, 5.41) is 5.94. The summed E-state index contributed by atoms with van der Waals surface area (Å²) in [6.45, 7) is 12.3. The van der Waals surface area contributed by atoms with Gasteiger partial charge in [-0.05, 0) is 96.4 Å². The van der Waals surface area contributed by atoms with Gasteiger partial charge in [-0.3, -0.25) is 38.9 Å². The lowest BCUT2D eigenvalue weighted by molar-refractivity contribution is -0.159. The van der Waals surface area contributed by atoms with E-state index in [2.05, 4.69) is 89.3 Å².